The van der Waals surface area contributed by atoms with Crippen LogP contribution in [0.5, 0.6) is 5.75 Å². The Morgan fingerprint density at radius 2 is 1.77 bits per heavy atom. The van der Waals surface area contributed by atoms with Crippen molar-refractivity contribution in [3.8, 4) is 5.75 Å². The van der Waals surface area contributed by atoms with Crippen LogP contribution >= 0.6 is 12.4 Å². The zero-order valence-corrected chi connectivity index (χ0v) is 13.7. The third kappa shape index (κ3) is 5.17. The van der Waals surface area contributed by atoms with Crippen molar-refractivity contribution in [2.24, 2.45) is 5.92 Å². The van der Waals surface area contributed by atoms with Gasteiger partial charge < -0.3 is 10.0 Å². The standard InChI is InChI=1S/C18H21NO2.ClH/c1-19(2)13-16(11-14-7-4-3-5-8-14)18(21)15-9-6-10-17(20)12-15;/h3-10,12,16,20H,11,13H2,1-2H3;1H/t16-;/m1./s1. The van der Waals surface area contributed by atoms with E-state index in [0.29, 0.717) is 18.5 Å². The zero-order chi connectivity index (χ0) is 15.2. The van der Waals surface area contributed by atoms with Crippen molar-refractivity contribution in [2.45, 2.75) is 6.42 Å². The van der Waals surface area contributed by atoms with Crippen LogP contribution in [0.4, 0.5) is 0 Å². The molecule has 0 saturated carbocycles. The van der Waals surface area contributed by atoms with Gasteiger partial charge in [0.05, 0.1) is 0 Å². The van der Waals surface area contributed by atoms with Crippen molar-refractivity contribution < 1.29 is 9.90 Å². The molecule has 0 aliphatic carbocycles. The summed E-state index contributed by atoms with van der Waals surface area (Å²) in [7, 11) is 3.93. The summed E-state index contributed by atoms with van der Waals surface area (Å²) < 4.78 is 0. The molecule has 0 bridgehead atoms. The van der Waals surface area contributed by atoms with Crippen molar-refractivity contribution >= 4 is 18.2 Å². The molecule has 1 N–H and O–H groups in total. The fraction of sp³-hybridized carbons (Fsp3) is 0.278. The second-order valence-electron chi connectivity index (χ2n) is 5.56. The average molecular weight is 320 g/mol. The van der Waals surface area contributed by atoms with Gasteiger partial charge in [0.25, 0.3) is 0 Å². The number of phenols is 1. The predicted molar refractivity (Wildman–Crippen MR) is 91.9 cm³/mol. The molecule has 0 heterocycles. The van der Waals surface area contributed by atoms with Gasteiger partial charge in [0.1, 0.15) is 5.75 Å². The molecule has 0 aliphatic heterocycles. The third-order valence-electron chi connectivity index (χ3n) is 3.41. The predicted octanol–water partition coefficient (Wildman–Crippen LogP) is 3.42. The van der Waals surface area contributed by atoms with Crippen LogP contribution in [0.15, 0.2) is 54.6 Å². The number of Topliss-reactive ketones (excluding diaryl/α,β-unsaturated/α-hetero) is 1. The second-order valence-corrected chi connectivity index (χ2v) is 5.56. The molecule has 0 spiro atoms. The Kier molecular flexibility index (Phi) is 7.09. The van der Waals surface area contributed by atoms with Crippen molar-refractivity contribution in [1.82, 2.24) is 4.90 Å². The maximum Gasteiger partial charge on any atom is 0.167 e. The summed E-state index contributed by atoms with van der Waals surface area (Å²) in [5.74, 6) is 0.0804. The number of halogens is 1. The maximum absolute atomic E-state index is 12.7. The summed E-state index contributed by atoms with van der Waals surface area (Å²) >= 11 is 0. The van der Waals surface area contributed by atoms with Crippen molar-refractivity contribution in [3.05, 3.63) is 65.7 Å². The minimum atomic E-state index is -0.121. The van der Waals surface area contributed by atoms with E-state index in [1.807, 2.05) is 49.3 Å². The summed E-state index contributed by atoms with van der Waals surface area (Å²) in [6.45, 7) is 0.684. The summed E-state index contributed by atoms with van der Waals surface area (Å²) in [5, 5.41) is 9.55. The summed E-state index contributed by atoms with van der Waals surface area (Å²) in [5.41, 5.74) is 1.72. The van der Waals surface area contributed by atoms with E-state index >= 15 is 0 Å². The van der Waals surface area contributed by atoms with Gasteiger partial charge in [-0.3, -0.25) is 4.79 Å². The number of carbonyl (C=O) groups is 1. The fourth-order valence-electron chi connectivity index (χ4n) is 2.47. The third-order valence-corrected chi connectivity index (χ3v) is 3.41. The van der Waals surface area contributed by atoms with Gasteiger partial charge in [-0.25, -0.2) is 0 Å². The molecule has 0 radical (unpaired) electrons. The average Bonchev–Trinajstić information content (AvgIpc) is 2.46. The number of carbonyl (C=O) groups excluding carboxylic acids is 1. The van der Waals surface area contributed by atoms with Crippen LogP contribution < -0.4 is 0 Å². The number of rotatable bonds is 6. The first-order chi connectivity index (χ1) is 10.1. The Balaban J connectivity index is 0.00000242. The van der Waals surface area contributed by atoms with Crippen LogP contribution in [-0.4, -0.2) is 36.4 Å². The molecule has 2 aromatic carbocycles. The molecule has 0 amide bonds. The first kappa shape index (κ1) is 18.2. The van der Waals surface area contributed by atoms with Gasteiger partial charge in [-0.15, -0.1) is 12.4 Å². The number of nitrogens with zero attached hydrogens (tertiary/aromatic N) is 1. The van der Waals surface area contributed by atoms with Crippen LogP contribution in [0.3, 0.4) is 0 Å². The molecule has 118 valence electrons. The summed E-state index contributed by atoms with van der Waals surface area (Å²) in [6, 6.07) is 16.6. The highest BCUT2D eigenvalue weighted by Gasteiger charge is 2.21. The molecule has 0 aromatic heterocycles. The number of benzene rings is 2. The first-order valence-corrected chi connectivity index (χ1v) is 7.08. The van der Waals surface area contributed by atoms with Gasteiger partial charge in [-0.05, 0) is 38.2 Å². The van der Waals surface area contributed by atoms with E-state index in [4.69, 9.17) is 0 Å². The van der Waals surface area contributed by atoms with E-state index in [0.717, 1.165) is 5.56 Å². The maximum atomic E-state index is 12.7. The molecule has 3 nitrogen and oxygen atoms in total. The van der Waals surface area contributed by atoms with Crippen molar-refractivity contribution in [3.63, 3.8) is 0 Å². The van der Waals surface area contributed by atoms with E-state index in [9.17, 15) is 9.90 Å². The summed E-state index contributed by atoms with van der Waals surface area (Å²) in [4.78, 5) is 14.7. The Hall–Kier alpha value is -1.84. The minimum absolute atomic E-state index is 0. The molecule has 0 fully saturated rings. The molecule has 0 saturated heterocycles. The van der Waals surface area contributed by atoms with Crippen molar-refractivity contribution in [1.29, 1.82) is 0 Å². The fourth-order valence-corrected chi connectivity index (χ4v) is 2.47. The number of phenolic OH excluding ortho intramolecular Hbond substituents is 1. The molecule has 22 heavy (non-hydrogen) atoms. The van der Waals surface area contributed by atoms with Crippen LogP contribution in [-0.2, 0) is 6.42 Å². The Bertz CT molecular complexity index is 599. The summed E-state index contributed by atoms with van der Waals surface area (Å²) in [6.07, 6.45) is 0.702. The Morgan fingerprint density at radius 1 is 1.09 bits per heavy atom. The highest BCUT2D eigenvalue weighted by molar-refractivity contribution is 5.98. The Morgan fingerprint density at radius 3 is 2.36 bits per heavy atom. The van der Waals surface area contributed by atoms with Gasteiger partial charge >= 0.3 is 0 Å². The molecular weight excluding hydrogens is 298 g/mol. The van der Waals surface area contributed by atoms with Crippen LogP contribution in [0.2, 0.25) is 0 Å². The molecule has 1 atom stereocenters. The first-order valence-electron chi connectivity index (χ1n) is 7.08. The number of hydrogen-bond donors (Lipinski definition) is 1. The lowest BCUT2D eigenvalue weighted by atomic mass is 9.91. The van der Waals surface area contributed by atoms with Gasteiger partial charge in [-0.1, -0.05) is 42.5 Å². The van der Waals surface area contributed by atoms with Crippen LogP contribution in [0, 0.1) is 5.92 Å². The highest BCUT2D eigenvalue weighted by Crippen LogP contribution is 2.19. The molecule has 4 heteroatoms. The molecule has 0 aliphatic rings. The van der Waals surface area contributed by atoms with Gasteiger partial charge in [-0.2, -0.15) is 0 Å². The number of hydrogen-bond acceptors (Lipinski definition) is 3. The van der Waals surface area contributed by atoms with E-state index in [2.05, 4.69) is 0 Å². The largest absolute Gasteiger partial charge is 0.508 e. The lowest BCUT2D eigenvalue weighted by molar-refractivity contribution is 0.0896. The van der Waals surface area contributed by atoms with Gasteiger partial charge in [0, 0.05) is 18.0 Å². The highest BCUT2D eigenvalue weighted by atomic mass is 35.5. The normalized spacial score (nSPS) is 11.8. The van der Waals surface area contributed by atoms with E-state index < -0.39 is 0 Å². The van der Waals surface area contributed by atoms with Gasteiger partial charge in [0.15, 0.2) is 5.78 Å². The monoisotopic (exact) mass is 319 g/mol. The lowest BCUT2D eigenvalue weighted by Crippen LogP contribution is -2.29. The number of ketones is 1. The number of aromatic hydroxyl groups is 1. The Labute approximate surface area is 138 Å². The molecular formula is C18H22ClNO2. The van der Waals surface area contributed by atoms with E-state index in [1.165, 1.54) is 6.07 Å². The van der Waals surface area contributed by atoms with Crippen LogP contribution in [0.25, 0.3) is 0 Å². The SMILES string of the molecule is CN(C)C[C@@H](Cc1ccccc1)C(=O)c1cccc(O)c1.Cl. The minimum Gasteiger partial charge on any atom is -0.508 e. The second kappa shape index (κ2) is 8.57. The quantitative estimate of drug-likeness (QED) is 0.829. The molecule has 2 aromatic rings. The van der Waals surface area contributed by atoms with E-state index in [-0.39, 0.29) is 29.9 Å². The lowest BCUT2D eigenvalue weighted by Gasteiger charge is -2.20. The van der Waals surface area contributed by atoms with Crippen molar-refractivity contribution in [2.75, 3.05) is 20.6 Å². The molecule has 2 rings (SSSR count). The smallest absolute Gasteiger partial charge is 0.167 e. The van der Waals surface area contributed by atoms with Gasteiger partial charge in [0.2, 0.25) is 0 Å². The zero-order valence-electron chi connectivity index (χ0n) is 12.9. The molecule has 0 unspecified atom stereocenters. The van der Waals surface area contributed by atoms with Crippen LogP contribution in [0.1, 0.15) is 15.9 Å². The van der Waals surface area contributed by atoms with E-state index in [1.54, 1.807) is 18.2 Å². The topological polar surface area (TPSA) is 40.5 Å².